The van der Waals surface area contributed by atoms with Crippen LogP contribution in [0.3, 0.4) is 0 Å². The van der Waals surface area contributed by atoms with Gasteiger partial charge in [-0.3, -0.25) is 9.59 Å². The lowest BCUT2D eigenvalue weighted by atomic mass is 10.00. The number of nitrogens with zero attached hydrogens (tertiary/aromatic N) is 1. The summed E-state index contributed by atoms with van der Waals surface area (Å²) in [6.07, 6.45) is 2.13. The van der Waals surface area contributed by atoms with E-state index in [0.717, 1.165) is 18.4 Å². The van der Waals surface area contributed by atoms with Gasteiger partial charge in [0, 0.05) is 29.2 Å². The number of ether oxygens (including phenoxy) is 2. The molecule has 8 heteroatoms. The molecule has 4 aromatic rings. The first kappa shape index (κ1) is 29.9. The number of anilines is 2. The number of nitrogens with one attached hydrogen (secondary N) is 1. The molecule has 1 N–H and O–H groups in total. The second-order valence-corrected chi connectivity index (χ2v) is 10.8. The summed E-state index contributed by atoms with van der Waals surface area (Å²) in [6.45, 7) is 0.665. The van der Waals surface area contributed by atoms with Gasteiger partial charge in [-0.15, -0.1) is 0 Å². The fourth-order valence-electron chi connectivity index (χ4n) is 4.86. The van der Waals surface area contributed by atoms with Gasteiger partial charge in [-0.1, -0.05) is 78.3 Å². The minimum absolute atomic E-state index is 0.0512. The van der Waals surface area contributed by atoms with Crippen molar-refractivity contribution in [1.29, 1.82) is 0 Å². The SMILES string of the molecule is COC(=O)C(Cc1ccc(OCCN(C(=O)C2CC2)c2ccccc2Cl)cc1)Nc1ccccc1C(=O)c1ccccc1. The van der Waals surface area contributed by atoms with Crippen LogP contribution >= 0.6 is 11.6 Å². The van der Waals surface area contributed by atoms with Crippen molar-refractivity contribution in [1.82, 2.24) is 0 Å². The lowest BCUT2D eigenvalue weighted by Gasteiger charge is -2.24. The Morgan fingerprint density at radius 1 is 0.884 bits per heavy atom. The number of halogens is 1. The summed E-state index contributed by atoms with van der Waals surface area (Å²) in [5.41, 5.74) is 3.15. The Hall–Kier alpha value is -4.62. The zero-order valence-corrected chi connectivity index (χ0v) is 24.6. The van der Waals surface area contributed by atoms with Crippen LogP contribution in [-0.2, 0) is 20.7 Å². The van der Waals surface area contributed by atoms with E-state index in [4.69, 9.17) is 21.1 Å². The van der Waals surface area contributed by atoms with E-state index in [1.807, 2.05) is 66.7 Å². The number of hydrogen-bond acceptors (Lipinski definition) is 6. The molecule has 43 heavy (non-hydrogen) atoms. The number of benzene rings is 4. The molecule has 1 unspecified atom stereocenters. The first-order chi connectivity index (χ1) is 20.9. The summed E-state index contributed by atoms with van der Waals surface area (Å²) < 4.78 is 11.0. The maximum Gasteiger partial charge on any atom is 0.328 e. The topological polar surface area (TPSA) is 84.9 Å². The molecule has 7 nitrogen and oxygen atoms in total. The van der Waals surface area contributed by atoms with Crippen molar-refractivity contribution in [2.24, 2.45) is 5.92 Å². The molecule has 1 amide bonds. The number of rotatable bonds is 13. The van der Waals surface area contributed by atoms with Crippen LogP contribution in [-0.4, -0.2) is 44.0 Å². The zero-order chi connectivity index (χ0) is 30.2. The van der Waals surface area contributed by atoms with Crippen LogP contribution in [0.5, 0.6) is 5.75 Å². The molecule has 0 spiro atoms. The molecule has 0 aliphatic heterocycles. The zero-order valence-electron chi connectivity index (χ0n) is 23.9. The van der Waals surface area contributed by atoms with Crippen LogP contribution < -0.4 is 15.0 Å². The maximum absolute atomic E-state index is 13.2. The predicted octanol–water partition coefficient (Wildman–Crippen LogP) is 6.59. The fourth-order valence-corrected chi connectivity index (χ4v) is 5.10. The Bertz CT molecular complexity index is 1570. The lowest BCUT2D eigenvalue weighted by molar-refractivity contribution is -0.141. The number of hydrogen-bond donors (Lipinski definition) is 1. The quantitative estimate of drug-likeness (QED) is 0.138. The third kappa shape index (κ3) is 7.62. The van der Waals surface area contributed by atoms with Crippen molar-refractivity contribution >= 4 is 40.6 Å². The van der Waals surface area contributed by atoms with Gasteiger partial charge in [0.25, 0.3) is 0 Å². The Morgan fingerprint density at radius 2 is 1.56 bits per heavy atom. The average molecular weight is 597 g/mol. The van der Waals surface area contributed by atoms with Crippen molar-refractivity contribution in [2.45, 2.75) is 25.3 Å². The Labute approximate surface area is 256 Å². The van der Waals surface area contributed by atoms with Gasteiger partial charge in [0.15, 0.2) is 5.78 Å². The highest BCUT2D eigenvalue weighted by Crippen LogP contribution is 2.35. The number of carbonyl (C=O) groups excluding carboxylic acids is 3. The van der Waals surface area contributed by atoms with Crippen LogP contribution in [0.1, 0.15) is 34.3 Å². The highest BCUT2D eigenvalue weighted by Gasteiger charge is 2.34. The molecule has 0 heterocycles. The molecule has 1 saturated carbocycles. The number of esters is 1. The monoisotopic (exact) mass is 596 g/mol. The van der Waals surface area contributed by atoms with Crippen molar-refractivity contribution in [3.05, 3.63) is 125 Å². The minimum atomic E-state index is -0.723. The fraction of sp³-hybridized carbons (Fsp3) is 0.229. The van der Waals surface area contributed by atoms with Gasteiger partial charge < -0.3 is 19.7 Å². The van der Waals surface area contributed by atoms with Crippen LogP contribution in [0.15, 0.2) is 103 Å². The summed E-state index contributed by atoms with van der Waals surface area (Å²) in [5, 5.41) is 3.76. The van der Waals surface area contributed by atoms with Gasteiger partial charge >= 0.3 is 5.97 Å². The lowest BCUT2D eigenvalue weighted by Crippen LogP contribution is -2.36. The summed E-state index contributed by atoms with van der Waals surface area (Å²) >= 11 is 6.39. The van der Waals surface area contributed by atoms with Gasteiger partial charge in [0.1, 0.15) is 18.4 Å². The molecular formula is C35H33ClN2O5. The molecule has 0 bridgehead atoms. The van der Waals surface area contributed by atoms with Crippen LogP contribution in [0.25, 0.3) is 0 Å². The standard InChI is InChI=1S/C35H33ClN2O5/c1-42-35(41)31(37-30-13-7-5-11-28(30)33(39)25-9-3-2-4-10-25)23-24-15-19-27(20-16-24)43-22-21-38(34(40)26-17-18-26)32-14-8-6-12-29(32)36/h2-16,19-20,26,31,37H,17-18,21-23H2,1H3. The average Bonchev–Trinajstić information content (AvgIpc) is 3.90. The molecule has 1 fully saturated rings. The van der Waals surface area contributed by atoms with E-state index in [1.165, 1.54) is 7.11 Å². The molecule has 1 atom stereocenters. The minimum Gasteiger partial charge on any atom is -0.492 e. The number of carbonyl (C=O) groups is 3. The molecule has 1 aliphatic carbocycles. The second kappa shape index (κ2) is 14.0. The molecule has 220 valence electrons. The maximum atomic E-state index is 13.2. The molecule has 5 rings (SSSR count). The van der Waals surface area contributed by atoms with Crippen LogP contribution in [0, 0.1) is 5.92 Å². The van der Waals surface area contributed by atoms with E-state index in [2.05, 4.69) is 5.32 Å². The van der Waals surface area contributed by atoms with Crippen molar-refractivity contribution in [3.63, 3.8) is 0 Å². The Balaban J connectivity index is 1.23. The molecule has 4 aromatic carbocycles. The van der Waals surface area contributed by atoms with Gasteiger partial charge in [0.05, 0.1) is 24.4 Å². The van der Waals surface area contributed by atoms with E-state index in [9.17, 15) is 14.4 Å². The van der Waals surface area contributed by atoms with E-state index in [1.54, 1.807) is 41.3 Å². The predicted molar refractivity (Wildman–Crippen MR) is 168 cm³/mol. The van der Waals surface area contributed by atoms with Gasteiger partial charge in [0.2, 0.25) is 5.91 Å². The summed E-state index contributed by atoms with van der Waals surface area (Å²) in [4.78, 5) is 40.6. The normalized spacial score (nSPS) is 13.1. The van der Waals surface area contributed by atoms with E-state index in [-0.39, 0.29) is 17.6 Å². The van der Waals surface area contributed by atoms with Gasteiger partial charge in [-0.05, 0) is 54.8 Å². The van der Waals surface area contributed by atoms with Crippen molar-refractivity contribution in [3.8, 4) is 5.75 Å². The van der Waals surface area contributed by atoms with Crippen LogP contribution in [0.2, 0.25) is 5.02 Å². The summed E-state index contributed by atoms with van der Waals surface area (Å²) in [7, 11) is 1.34. The first-order valence-corrected chi connectivity index (χ1v) is 14.6. The first-order valence-electron chi connectivity index (χ1n) is 14.3. The largest absolute Gasteiger partial charge is 0.492 e. The number of para-hydroxylation sites is 2. The van der Waals surface area contributed by atoms with E-state index < -0.39 is 12.0 Å². The second-order valence-electron chi connectivity index (χ2n) is 10.4. The highest BCUT2D eigenvalue weighted by atomic mass is 35.5. The number of methoxy groups -OCH3 is 1. The highest BCUT2D eigenvalue weighted by molar-refractivity contribution is 6.33. The molecule has 0 saturated heterocycles. The smallest absolute Gasteiger partial charge is 0.328 e. The third-order valence-corrected chi connectivity index (χ3v) is 7.63. The molecular weight excluding hydrogens is 564 g/mol. The van der Waals surface area contributed by atoms with Crippen molar-refractivity contribution < 1.29 is 23.9 Å². The molecule has 1 aliphatic rings. The molecule has 0 radical (unpaired) electrons. The number of ketones is 1. The summed E-state index contributed by atoms with van der Waals surface area (Å²) in [6, 6.07) is 30.2. The van der Waals surface area contributed by atoms with Gasteiger partial charge in [-0.25, -0.2) is 4.79 Å². The molecule has 0 aromatic heterocycles. The number of amides is 1. The Kier molecular flexibility index (Phi) is 9.74. The van der Waals surface area contributed by atoms with Crippen LogP contribution in [0.4, 0.5) is 11.4 Å². The van der Waals surface area contributed by atoms with E-state index in [0.29, 0.717) is 52.8 Å². The van der Waals surface area contributed by atoms with Gasteiger partial charge in [-0.2, -0.15) is 0 Å². The van der Waals surface area contributed by atoms with E-state index >= 15 is 0 Å². The third-order valence-electron chi connectivity index (χ3n) is 7.31. The van der Waals surface area contributed by atoms with Crippen molar-refractivity contribution in [2.75, 3.05) is 30.5 Å². The summed E-state index contributed by atoms with van der Waals surface area (Å²) in [5.74, 6) is 0.182. The Morgan fingerprint density at radius 3 is 2.26 bits per heavy atom.